The van der Waals surface area contributed by atoms with Crippen LogP contribution in [0.4, 0.5) is 5.00 Å². The molecular formula is C8H15NS2. The molecule has 2 N–H and O–H groups in total. The molecule has 0 atom stereocenters. The van der Waals surface area contributed by atoms with Crippen molar-refractivity contribution in [2.45, 2.75) is 19.8 Å². The predicted molar refractivity (Wildman–Crippen MR) is 57.7 cm³/mol. The van der Waals surface area contributed by atoms with Gasteiger partial charge in [-0.2, -0.15) is 12.6 Å². The van der Waals surface area contributed by atoms with Crippen molar-refractivity contribution in [2.75, 3.05) is 12.0 Å². The van der Waals surface area contributed by atoms with Gasteiger partial charge in [-0.3, -0.25) is 0 Å². The number of hydrogen-bond acceptors (Lipinski definition) is 3. The summed E-state index contributed by atoms with van der Waals surface area (Å²) in [5.41, 5.74) is 6.94. The van der Waals surface area contributed by atoms with Crippen LogP contribution in [-0.2, 0) is 0 Å². The lowest BCUT2D eigenvalue weighted by Gasteiger charge is -2.00. The van der Waals surface area contributed by atoms with Crippen molar-refractivity contribution < 1.29 is 0 Å². The molecule has 0 aliphatic rings. The molecular weight excluding hydrogens is 174 g/mol. The molecule has 0 unspecified atom stereocenters. The SMILES string of the molecule is CC(C)c1ccsc1N.CS. The highest BCUT2D eigenvalue weighted by atomic mass is 32.1. The van der Waals surface area contributed by atoms with Crippen molar-refractivity contribution in [3.05, 3.63) is 17.0 Å². The zero-order chi connectivity index (χ0) is 8.85. The van der Waals surface area contributed by atoms with Crippen LogP contribution < -0.4 is 5.73 Å². The average Bonchev–Trinajstić information content (AvgIpc) is 2.39. The fourth-order valence-electron chi connectivity index (χ4n) is 0.808. The summed E-state index contributed by atoms with van der Waals surface area (Å²) in [4.78, 5) is 0. The van der Waals surface area contributed by atoms with Gasteiger partial charge in [0.25, 0.3) is 0 Å². The van der Waals surface area contributed by atoms with Gasteiger partial charge in [-0.25, -0.2) is 0 Å². The first kappa shape index (κ1) is 10.8. The average molecular weight is 189 g/mol. The molecule has 0 saturated carbocycles. The minimum absolute atomic E-state index is 0.566. The summed E-state index contributed by atoms with van der Waals surface area (Å²) in [5.74, 6) is 0.566. The Hall–Kier alpha value is -0.150. The molecule has 0 aromatic carbocycles. The summed E-state index contributed by atoms with van der Waals surface area (Å²) < 4.78 is 0. The minimum Gasteiger partial charge on any atom is -0.390 e. The highest BCUT2D eigenvalue weighted by Crippen LogP contribution is 2.26. The molecule has 1 rings (SSSR count). The van der Waals surface area contributed by atoms with Gasteiger partial charge >= 0.3 is 0 Å². The Bertz CT molecular complexity index is 194. The Balaban J connectivity index is 0.000000461. The van der Waals surface area contributed by atoms with Crippen LogP contribution >= 0.6 is 24.0 Å². The number of thiophene rings is 1. The largest absolute Gasteiger partial charge is 0.390 e. The standard InChI is InChI=1S/C7H11NS.CH4S/c1-5(2)6-3-4-9-7(6)8;1-2/h3-5H,8H2,1-2H3;2H,1H3. The monoisotopic (exact) mass is 189 g/mol. The molecule has 3 heteroatoms. The first-order valence-corrected chi connectivity index (χ1v) is 5.27. The number of anilines is 1. The third-order valence-electron chi connectivity index (χ3n) is 1.35. The van der Waals surface area contributed by atoms with Crippen molar-refractivity contribution in [1.82, 2.24) is 0 Å². The lowest BCUT2D eigenvalue weighted by molar-refractivity contribution is 0.875. The maximum atomic E-state index is 5.66. The zero-order valence-electron chi connectivity index (χ0n) is 7.16. The number of nitrogens with two attached hydrogens (primary N) is 1. The van der Waals surface area contributed by atoms with E-state index in [1.807, 2.05) is 5.38 Å². The number of hydrogen-bond donors (Lipinski definition) is 2. The fraction of sp³-hybridized carbons (Fsp3) is 0.500. The normalized spacial score (nSPS) is 9.18. The molecule has 1 heterocycles. The molecule has 0 spiro atoms. The van der Waals surface area contributed by atoms with Crippen LogP contribution in [-0.4, -0.2) is 6.26 Å². The molecule has 0 aliphatic heterocycles. The molecule has 1 nitrogen and oxygen atoms in total. The van der Waals surface area contributed by atoms with E-state index in [9.17, 15) is 0 Å². The molecule has 0 saturated heterocycles. The van der Waals surface area contributed by atoms with Crippen LogP contribution in [0.15, 0.2) is 11.4 Å². The lowest BCUT2D eigenvalue weighted by atomic mass is 10.1. The molecule has 11 heavy (non-hydrogen) atoms. The van der Waals surface area contributed by atoms with Crippen LogP contribution in [0, 0.1) is 0 Å². The molecule has 0 radical (unpaired) electrons. The van der Waals surface area contributed by atoms with E-state index in [1.165, 1.54) is 5.56 Å². The summed E-state index contributed by atoms with van der Waals surface area (Å²) in [6.07, 6.45) is 1.69. The van der Waals surface area contributed by atoms with Gasteiger partial charge in [0.1, 0.15) is 0 Å². The van der Waals surface area contributed by atoms with Gasteiger partial charge in [-0.15, -0.1) is 11.3 Å². The van der Waals surface area contributed by atoms with Gasteiger partial charge in [-0.05, 0) is 29.2 Å². The maximum Gasteiger partial charge on any atom is 0.0891 e. The van der Waals surface area contributed by atoms with Crippen LogP contribution in [0.1, 0.15) is 25.3 Å². The highest BCUT2D eigenvalue weighted by Gasteiger charge is 2.02. The first-order chi connectivity index (χ1) is 5.22. The van der Waals surface area contributed by atoms with Gasteiger partial charge < -0.3 is 5.73 Å². The van der Waals surface area contributed by atoms with E-state index in [1.54, 1.807) is 17.6 Å². The number of thiol groups is 1. The van der Waals surface area contributed by atoms with Crippen LogP contribution in [0.25, 0.3) is 0 Å². The third kappa shape index (κ3) is 3.16. The van der Waals surface area contributed by atoms with Crippen molar-refractivity contribution >= 4 is 29.0 Å². The summed E-state index contributed by atoms with van der Waals surface area (Å²) in [6.45, 7) is 4.30. The Labute approximate surface area is 78.0 Å². The van der Waals surface area contributed by atoms with E-state index in [0.29, 0.717) is 5.92 Å². The van der Waals surface area contributed by atoms with Crippen LogP contribution in [0.3, 0.4) is 0 Å². The Kier molecular flexibility index (Phi) is 5.42. The zero-order valence-corrected chi connectivity index (χ0v) is 8.88. The second kappa shape index (κ2) is 5.49. The lowest BCUT2D eigenvalue weighted by Crippen LogP contribution is -1.89. The summed E-state index contributed by atoms with van der Waals surface area (Å²) in [6, 6.07) is 2.09. The van der Waals surface area contributed by atoms with Crippen molar-refractivity contribution in [1.29, 1.82) is 0 Å². The van der Waals surface area contributed by atoms with E-state index in [4.69, 9.17) is 5.73 Å². The van der Waals surface area contributed by atoms with Crippen LogP contribution in [0.2, 0.25) is 0 Å². The fourth-order valence-corrected chi connectivity index (χ4v) is 1.61. The summed E-state index contributed by atoms with van der Waals surface area (Å²) in [7, 11) is 0. The first-order valence-electron chi connectivity index (χ1n) is 3.49. The quantitative estimate of drug-likeness (QED) is 0.653. The van der Waals surface area contributed by atoms with Crippen LogP contribution in [0.5, 0.6) is 0 Å². The molecule has 0 fully saturated rings. The highest BCUT2D eigenvalue weighted by molar-refractivity contribution is 7.79. The topological polar surface area (TPSA) is 26.0 Å². The minimum atomic E-state index is 0.566. The molecule has 0 aliphatic carbocycles. The predicted octanol–water partition coefficient (Wildman–Crippen LogP) is 3.00. The van der Waals surface area contributed by atoms with Gasteiger partial charge in [0.2, 0.25) is 0 Å². The van der Waals surface area contributed by atoms with E-state index in [2.05, 4.69) is 32.5 Å². The third-order valence-corrected chi connectivity index (χ3v) is 2.11. The Morgan fingerprint density at radius 3 is 2.18 bits per heavy atom. The molecule has 1 aromatic rings. The molecule has 1 aromatic heterocycles. The second-order valence-electron chi connectivity index (χ2n) is 2.39. The number of nitrogen functional groups attached to an aromatic ring is 1. The Morgan fingerprint density at radius 1 is 1.45 bits per heavy atom. The molecule has 0 bridgehead atoms. The number of rotatable bonds is 1. The van der Waals surface area contributed by atoms with Gasteiger partial charge in [0.05, 0.1) is 5.00 Å². The summed E-state index contributed by atoms with van der Waals surface area (Å²) in [5, 5.41) is 3.00. The maximum absolute atomic E-state index is 5.66. The van der Waals surface area contributed by atoms with Crippen molar-refractivity contribution in [3.63, 3.8) is 0 Å². The second-order valence-corrected chi connectivity index (χ2v) is 3.34. The van der Waals surface area contributed by atoms with E-state index in [0.717, 1.165) is 5.00 Å². The Morgan fingerprint density at radius 2 is 2.00 bits per heavy atom. The molecule has 0 amide bonds. The summed E-state index contributed by atoms with van der Waals surface area (Å²) >= 11 is 5.14. The van der Waals surface area contributed by atoms with Gasteiger partial charge in [0.15, 0.2) is 0 Å². The smallest absolute Gasteiger partial charge is 0.0891 e. The molecule has 64 valence electrons. The van der Waals surface area contributed by atoms with Crippen molar-refractivity contribution in [3.8, 4) is 0 Å². The van der Waals surface area contributed by atoms with Gasteiger partial charge in [-0.1, -0.05) is 13.8 Å². The van der Waals surface area contributed by atoms with E-state index >= 15 is 0 Å². The van der Waals surface area contributed by atoms with Gasteiger partial charge in [0, 0.05) is 0 Å². The van der Waals surface area contributed by atoms with E-state index < -0.39 is 0 Å². The van der Waals surface area contributed by atoms with Crippen molar-refractivity contribution in [2.24, 2.45) is 0 Å². The van der Waals surface area contributed by atoms with E-state index in [-0.39, 0.29) is 0 Å².